The van der Waals surface area contributed by atoms with Crippen molar-refractivity contribution in [1.29, 1.82) is 0 Å². The highest BCUT2D eigenvalue weighted by Crippen LogP contribution is 2.65. The second kappa shape index (κ2) is 9.76. The lowest BCUT2D eigenvalue weighted by atomic mass is 9.51. The normalized spacial score (nSPS) is 40.7. The first-order valence-electron chi connectivity index (χ1n) is 14.3. The molecular formula is C29H50O6Si. The van der Waals surface area contributed by atoms with Gasteiger partial charge in [0.25, 0.3) is 0 Å². The second-order valence-electron chi connectivity index (χ2n) is 14.1. The summed E-state index contributed by atoms with van der Waals surface area (Å²) in [7, 11) is -1.90. The number of carbonyl (C=O) groups excluding carboxylic acids is 2. The fraction of sp³-hybridized carbons (Fsp3) is 0.931. The van der Waals surface area contributed by atoms with E-state index in [2.05, 4.69) is 47.7 Å². The number of carbonyl (C=O) groups is 2. The SMILES string of the molecule is CC(=O)O[C@H]1C2CCC3(OCCO3)[C@@]2(C)CCC1[C@@]1(C)CC[C@H](O[Si](C)(C)C(C)(C)C)C[C@@H]1CC=O. The second-order valence-corrected chi connectivity index (χ2v) is 18.9. The maximum atomic E-state index is 12.4. The standard InChI is InChI=1S/C29H50O6Si/c1-20(31)34-25-23(10-14-28(6)24(25)11-15-29(28)32-17-18-33-29)27(5)13-9-22(19-21(27)12-16-30)35-36(7,8)26(2,3)4/h16,21-25H,9-15,17-19H2,1-8H3/t21-,22-,23?,24?,25+,27-,28-/m0/s1. The van der Waals surface area contributed by atoms with Gasteiger partial charge in [-0.2, -0.15) is 0 Å². The Kier molecular flexibility index (Phi) is 7.66. The highest BCUT2D eigenvalue weighted by molar-refractivity contribution is 6.74. The first-order chi connectivity index (χ1) is 16.7. The molecule has 0 bridgehead atoms. The first kappa shape index (κ1) is 28.3. The lowest BCUT2D eigenvalue weighted by Gasteiger charge is -2.57. The zero-order valence-corrected chi connectivity index (χ0v) is 25.0. The molecule has 36 heavy (non-hydrogen) atoms. The van der Waals surface area contributed by atoms with Gasteiger partial charge >= 0.3 is 5.97 Å². The summed E-state index contributed by atoms with van der Waals surface area (Å²) >= 11 is 0. The molecule has 4 fully saturated rings. The molecule has 206 valence electrons. The molecule has 0 radical (unpaired) electrons. The van der Waals surface area contributed by atoms with Gasteiger partial charge in [-0.15, -0.1) is 0 Å². The molecule has 0 aromatic carbocycles. The first-order valence-corrected chi connectivity index (χ1v) is 17.2. The molecule has 1 spiro atoms. The summed E-state index contributed by atoms with van der Waals surface area (Å²) < 4.78 is 25.6. The number of ether oxygens (including phenoxy) is 3. The highest BCUT2D eigenvalue weighted by Gasteiger charge is 2.67. The maximum Gasteiger partial charge on any atom is 0.302 e. The monoisotopic (exact) mass is 522 g/mol. The predicted octanol–water partition coefficient (Wildman–Crippen LogP) is 6.27. The summed E-state index contributed by atoms with van der Waals surface area (Å²) in [5.41, 5.74) is -0.248. The molecule has 7 heteroatoms. The van der Waals surface area contributed by atoms with Crippen LogP contribution in [0.15, 0.2) is 0 Å². The van der Waals surface area contributed by atoms with Crippen molar-refractivity contribution in [2.75, 3.05) is 13.2 Å². The van der Waals surface area contributed by atoms with Crippen LogP contribution in [0.4, 0.5) is 0 Å². The van der Waals surface area contributed by atoms with Gasteiger partial charge in [0.15, 0.2) is 14.1 Å². The lowest BCUT2D eigenvalue weighted by Crippen LogP contribution is -2.58. The van der Waals surface area contributed by atoms with Crippen LogP contribution >= 0.6 is 0 Å². The van der Waals surface area contributed by atoms with Crippen LogP contribution in [0.5, 0.6) is 0 Å². The zero-order valence-electron chi connectivity index (χ0n) is 24.0. The number of rotatable bonds is 6. The topological polar surface area (TPSA) is 71.1 Å². The van der Waals surface area contributed by atoms with Crippen molar-refractivity contribution in [2.24, 2.45) is 28.6 Å². The predicted molar refractivity (Wildman–Crippen MR) is 142 cm³/mol. The van der Waals surface area contributed by atoms with Gasteiger partial charge in [0.1, 0.15) is 12.4 Å². The third kappa shape index (κ3) is 4.64. The molecule has 4 aliphatic rings. The summed E-state index contributed by atoms with van der Waals surface area (Å²) in [6.45, 7) is 18.9. The van der Waals surface area contributed by atoms with E-state index in [4.69, 9.17) is 18.6 Å². The van der Waals surface area contributed by atoms with E-state index in [1.165, 1.54) is 6.92 Å². The van der Waals surface area contributed by atoms with Crippen molar-refractivity contribution in [1.82, 2.24) is 0 Å². The van der Waals surface area contributed by atoms with Gasteiger partial charge in [-0.25, -0.2) is 0 Å². The molecule has 0 aromatic heterocycles. The molecule has 0 aromatic rings. The van der Waals surface area contributed by atoms with Gasteiger partial charge in [0, 0.05) is 43.1 Å². The van der Waals surface area contributed by atoms with Crippen LogP contribution in [0.25, 0.3) is 0 Å². The Labute approximate surface area is 219 Å². The molecule has 1 saturated heterocycles. The Balaban J connectivity index is 1.60. The van der Waals surface area contributed by atoms with Crippen molar-refractivity contribution in [3.63, 3.8) is 0 Å². The smallest absolute Gasteiger partial charge is 0.302 e. The van der Waals surface area contributed by atoms with Crippen molar-refractivity contribution in [3.8, 4) is 0 Å². The molecule has 2 unspecified atom stereocenters. The van der Waals surface area contributed by atoms with Gasteiger partial charge in [-0.3, -0.25) is 4.79 Å². The van der Waals surface area contributed by atoms with Gasteiger partial charge in [-0.1, -0.05) is 34.6 Å². The minimum absolute atomic E-state index is 0.0806. The molecule has 7 atom stereocenters. The summed E-state index contributed by atoms with van der Waals surface area (Å²) in [5, 5.41) is 0.158. The number of esters is 1. The van der Waals surface area contributed by atoms with Gasteiger partial charge < -0.3 is 23.4 Å². The molecule has 3 aliphatic carbocycles. The zero-order chi connectivity index (χ0) is 26.6. The Morgan fingerprint density at radius 3 is 2.25 bits per heavy atom. The van der Waals surface area contributed by atoms with Crippen molar-refractivity contribution in [2.45, 2.75) is 129 Å². The van der Waals surface area contributed by atoms with Crippen molar-refractivity contribution in [3.05, 3.63) is 0 Å². The Morgan fingerprint density at radius 1 is 1.03 bits per heavy atom. The largest absolute Gasteiger partial charge is 0.462 e. The molecular weight excluding hydrogens is 472 g/mol. The highest BCUT2D eigenvalue weighted by atomic mass is 28.4. The van der Waals surface area contributed by atoms with Gasteiger partial charge in [0.2, 0.25) is 0 Å². The molecule has 1 heterocycles. The minimum Gasteiger partial charge on any atom is -0.462 e. The lowest BCUT2D eigenvalue weighted by molar-refractivity contribution is -0.252. The Morgan fingerprint density at radius 2 is 1.67 bits per heavy atom. The number of hydrogen-bond donors (Lipinski definition) is 0. The number of aldehydes is 1. The Bertz CT molecular complexity index is 830. The maximum absolute atomic E-state index is 12.4. The quantitative estimate of drug-likeness (QED) is 0.232. The molecule has 0 amide bonds. The molecule has 6 nitrogen and oxygen atoms in total. The van der Waals surface area contributed by atoms with Crippen LogP contribution in [-0.2, 0) is 28.2 Å². The summed E-state index contributed by atoms with van der Waals surface area (Å²) in [5.74, 6) is -0.115. The van der Waals surface area contributed by atoms with Crippen LogP contribution in [0.3, 0.4) is 0 Å². The van der Waals surface area contributed by atoms with Crippen LogP contribution in [-0.4, -0.2) is 51.8 Å². The van der Waals surface area contributed by atoms with Gasteiger partial charge in [-0.05, 0) is 68.0 Å². The minimum atomic E-state index is -1.90. The average molecular weight is 523 g/mol. The summed E-state index contributed by atoms with van der Waals surface area (Å²) in [6, 6.07) is 0. The summed E-state index contributed by atoms with van der Waals surface area (Å²) in [6.07, 6.45) is 8.30. The van der Waals surface area contributed by atoms with E-state index in [9.17, 15) is 9.59 Å². The fourth-order valence-electron chi connectivity index (χ4n) is 8.08. The molecule has 1 aliphatic heterocycles. The summed E-state index contributed by atoms with van der Waals surface area (Å²) in [4.78, 5) is 24.3. The molecule has 4 rings (SSSR count). The van der Waals surface area contributed by atoms with E-state index in [-0.39, 0.29) is 51.8 Å². The van der Waals surface area contributed by atoms with E-state index >= 15 is 0 Å². The van der Waals surface area contributed by atoms with Crippen LogP contribution in [0.2, 0.25) is 18.1 Å². The van der Waals surface area contributed by atoms with E-state index in [1.807, 2.05) is 0 Å². The number of fused-ring (bicyclic) bond motifs is 2. The third-order valence-corrected chi connectivity index (χ3v) is 15.8. The Hall–Kier alpha value is -0.763. The van der Waals surface area contributed by atoms with Crippen molar-refractivity contribution < 1.29 is 28.2 Å². The van der Waals surface area contributed by atoms with Gasteiger partial charge in [0.05, 0.1) is 13.2 Å². The van der Waals surface area contributed by atoms with E-state index in [1.54, 1.807) is 0 Å². The van der Waals surface area contributed by atoms with Crippen LogP contribution in [0, 0.1) is 28.6 Å². The third-order valence-electron chi connectivity index (χ3n) is 11.3. The van der Waals surface area contributed by atoms with Crippen LogP contribution < -0.4 is 0 Å². The average Bonchev–Trinajstić information content (AvgIpc) is 3.36. The molecule has 3 saturated carbocycles. The van der Waals surface area contributed by atoms with Crippen LogP contribution in [0.1, 0.15) is 92.9 Å². The number of hydrogen-bond acceptors (Lipinski definition) is 6. The van der Waals surface area contributed by atoms with Crippen molar-refractivity contribution >= 4 is 20.6 Å². The van der Waals surface area contributed by atoms with E-state index in [0.29, 0.717) is 19.6 Å². The molecule has 0 N–H and O–H groups in total. The van der Waals surface area contributed by atoms with E-state index < -0.39 is 14.1 Å². The fourth-order valence-corrected chi connectivity index (χ4v) is 9.48. The van der Waals surface area contributed by atoms with E-state index in [0.717, 1.165) is 51.2 Å².